The van der Waals surface area contributed by atoms with Crippen LogP contribution in [0.2, 0.25) is 0 Å². The molecule has 0 unspecified atom stereocenters. The van der Waals surface area contributed by atoms with E-state index in [9.17, 15) is 4.79 Å². The summed E-state index contributed by atoms with van der Waals surface area (Å²) >= 11 is 0. The van der Waals surface area contributed by atoms with E-state index in [1.165, 1.54) is 0 Å². The van der Waals surface area contributed by atoms with E-state index < -0.39 is 12.3 Å². The van der Waals surface area contributed by atoms with E-state index >= 15 is 0 Å². The van der Waals surface area contributed by atoms with Crippen molar-refractivity contribution in [3.63, 3.8) is 0 Å². The van der Waals surface area contributed by atoms with Crippen molar-refractivity contribution in [1.82, 2.24) is 15.0 Å². The summed E-state index contributed by atoms with van der Waals surface area (Å²) in [7, 11) is 1.71. The van der Waals surface area contributed by atoms with Crippen LogP contribution in [0.5, 0.6) is 0 Å². The highest BCUT2D eigenvalue weighted by Crippen LogP contribution is 2.34. The zero-order valence-electron chi connectivity index (χ0n) is 19.6. The first-order chi connectivity index (χ1) is 14.6. The number of hydrogen-bond donors (Lipinski definition) is 0. The second-order valence-electron chi connectivity index (χ2n) is 8.90. The van der Waals surface area contributed by atoms with Gasteiger partial charge in [-0.2, -0.15) is 0 Å². The van der Waals surface area contributed by atoms with Crippen molar-refractivity contribution >= 4 is 11.7 Å². The van der Waals surface area contributed by atoms with Gasteiger partial charge in [0, 0.05) is 51.6 Å². The van der Waals surface area contributed by atoms with Gasteiger partial charge >= 0.3 is 0 Å². The SMILES string of the molecule is [2H]C1([2H])Cc2ncc(-c3ccc(C(C)(C)C)nc3)nc2N(C2CCC(OC)CC2)C1=O. The Hall–Kier alpha value is -2.34. The molecule has 1 fully saturated rings. The molecule has 0 saturated heterocycles. The van der Waals surface area contributed by atoms with Gasteiger partial charge in [-0.05, 0) is 37.8 Å². The largest absolute Gasteiger partial charge is 0.381 e. The molecule has 3 heterocycles. The molecule has 6 nitrogen and oxygen atoms in total. The number of ether oxygens (including phenoxy) is 1. The highest BCUT2D eigenvalue weighted by Gasteiger charge is 2.35. The average Bonchev–Trinajstić information content (AvgIpc) is 2.74. The molecule has 0 spiro atoms. The Bertz CT molecular complexity index is 965. The van der Waals surface area contributed by atoms with Gasteiger partial charge in [-0.15, -0.1) is 0 Å². The maximum Gasteiger partial charge on any atom is 0.228 e. The molecule has 0 atom stereocenters. The number of fused-ring (bicyclic) bond motifs is 1. The predicted molar refractivity (Wildman–Crippen MR) is 113 cm³/mol. The van der Waals surface area contributed by atoms with Crippen LogP contribution in [0.4, 0.5) is 5.82 Å². The molecule has 4 rings (SSSR count). The summed E-state index contributed by atoms with van der Waals surface area (Å²) in [5.74, 6) is -0.0353. The Kier molecular flexibility index (Phi) is 4.72. The van der Waals surface area contributed by atoms with Crippen LogP contribution in [-0.4, -0.2) is 40.1 Å². The number of hydrogen-bond acceptors (Lipinski definition) is 5. The first-order valence-corrected chi connectivity index (χ1v) is 10.3. The first-order valence-electron chi connectivity index (χ1n) is 11.3. The molecule has 0 aromatic carbocycles. The minimum atomic E-state index is -1.97. The number of aromatic nitrogens is 3. The highest BCUT2D eigenvalue weighted by molar-refractivity contribution is 5.95. The molecule has 0 radical (unpaired) electrons. The Morgan fingerprint density at radius 1 is 1.14 bits per heavy atom. The van der Waals surface area contributed by atoms with Crippen molar-refractivity contribution in [2.75, 3.05) is 12.0 Å². The summed E-state index contributed by atoms with van der Waals surface area (Å²) in [6, 6.07) is 3.87. The summed E-state index contributed by atoms with van der Waals surface area (Å²) in [5.41, 5.74) is 2.93. The van der Waals surface area contributed by atoms with Gasteiger partial charge in [0.15, 0.2) is 5.82 Å². The van der Waals surface area contributed by atoms with Gasteiger partial charge in [-0.3, -0.25) is 19.7 Å². The van der Waals surface area contributed by atoms with Crippen molar-refractivity contribution in [2.45, 2.75) is 76.8 Å². The third-order valence-corrected chi connectivity index (χ3v) is 5.85. The van der Waals surface area contributed by atoms with Crippen molar-refractivity contribution in [3.8, 4) is 11.3 Å². The molecule has 2 aromatic rings. The number of anilines is 1. The van der Waals surface area contributed by atoms with Crippen LogP contribution in [-0.2, 0) is 21.4 Å². The van der Waals surface area contributed by atoms with Gasteiger partial charge < -0.3 is 4.74 Å². The fourth-order valence-electron chi connectivity index (χ4n) is 4.07. The van der Waals surface area contributed by atoms with E-state index in [4.69, 9.17) is 12.5 Å². The number of pyridine rings is 1. The summed E-state index contributed by atoms with van der Waals surface area (Å²) in [4.78, 5) is 28.6. The zero-order valence-corrected chi connectivity index (χ0v) is 17.6. The van der Waals surface area contributed by atoms with E-state index in [0.29, 0.717) is 17.2 Å². The monoisotopic (exact) mass is 396 g/mol. The van der Waals surface area contributed by atoms with Crippen LogP contribution in [0.3, 0.4) is 0 Å². The fraction of sp³-hybridized carbons (Fsp3) is 0.565. The molecule has 0 N–H and O–H groups in total. The van der Waals surface area contributed by atoms with Crippen LogP contribution in [0.15, 0.2) is 24.5 Å². The summed E-state index contributed by atoms with van der Waals surface area (Å²) in [6.45, 7) is 6.34. The van der Waals surface area contributed by atoms with E-state index in [0.717, 1.165) is 36.9 Å². The number of rotatable bonds is 3. The molecule has 1 amide bonds. The topological polar surface area (TPSA) is 68.2 Å². The maximum absolute atomic E-state index is 13.1. The average molecular weight is 397 g/mol. The van der Waals surface area contributed by atoms with Gasteiger partial charge in [0.1, 0.15) is 0 Å². The molecule has 0 bridgehead atoms. The first kappa shape index (κ1) is 17.5. The lowest BCUT2D eigenvalue weighted by atomic mass is 9.90. The maximum atomic E-state index is 13.1. The number of carbonyl (C=O) groups excluding carboxylic acids is 1. The van der Waals surface area contributed by atoms with Gasteiger partial charge in [0.05, 0.1) is 23.7 Å². The number of methoxy groups -OCH3 is 1. The second kappa shape index (κ2) is 7.82. The van der Waals surface area contributed by atoms with Gasteiger partial charge in [0.25, 0.3) is 0 Å². The molecule has 1 saturated carbocycles. The Balaban J connectivity index is 1.70. The lowest BCUT2D eigenvalue weighted by molar-refractivity contribution is -0.119. The van der Waals surface area contributed by atoms with E-state index in [1.54, 1.807) is 24.4 Å². The molecular weight excluding hydrogens is 364 g/mol. The van der Waals surface area contributed by atoms with Crippen LogP contribution < -0.4 is 4.90 Å². The number of nitrogens with zero attached hydrogens (tertiary/aromatic N) is 4. The van der Waals surface area contributed by atoms with Crippen LogP contribution in [0, 0.1) is 0 Å². The highest BCUT2D eigenvalue weighted by atomic mass is 16.5. The molecule has 1 aliphatic heterocycles. The molecule has 2 aromatic heterocycles. The lowest BCUT2D eigenvalue weighted by Gasteiger charge is -2.38. The standard InChI is InChI=1S/C23H30N4O2/c1-23(2,3)20-11-5-15(13-25-20)19-14-24-18-10-12-21(28)27(22(18)26-19)16-6-8-17(29-4)9-7-16/h5,11,13-14,16-17H,6-10,12H2,1-4H3/i12D2. The smallest absolute Gasteiger partial charge is 0.228 e. The third-order valence-electron chi connectivity index (χ3n) is 5.85. The van der Waals surface area contributed by atoms with Crippen molar-refractivity contribution in [2.24, 2.45) is 0 Å². The molecule has 2 aliphatic rings. The quantitative estimate of drug-likeness (QED) is 0.782. The zero-order chi connectivity index (χ0) is 22.4. The predicted octanol–water partition coefficient (Wildman–Crippen LogP) is 4.07. The Morgan fingerprint density at radius 3 is 2.52 bits per heavy atom. The van der Waals surface area contributed by atoms with Gasteiger partial charge in [-0.1, -0.05) is 20.8 Å². The fourth-order valence-corrected chi connectivity index (χ4v) is 4.07. The second-order valence-corrected chi connectivity index (χ2v) is 8.90. The molecular formula is C23H30N4O2. The van der Waals surface area contributed by atoms with Crippen molar-refractivity contribution in [1.29, 1.82) is 0 Å². The summed E-state index contributed by atoms with van der Waals surface area (Å²) in [6.07, 6.45) is 4.80. The summed E-state index contributed by atoms with van der Waals surface area (Å²) in [5, 5.41) is 0. The van der Waals surface area contributed by atoms with Crippen molar-refractivity contribution < 1.29 is 12.3 Å². The van der Waals surface area contributed by atoms with E-state index in [-0.39, 0.29) is 24.0 Å². The van der Waals surface area contributed by atoms with Crippen LogP contribution in [0.1, 0.15) is 67.0 Å². The molecule has 154 valence electrons. The normalized spacial score (nSPS) is 25.2. The van der Waals surface area contributed by atoms with Crippen LogP contribution in [0.25, 0.3) is 11.3 Å². The van der Waals surface area contributed by atoms with E-state index in [2.05, 4.69) is 30.7 Å². The third kappa shape index (κ3) is 4.04. The number of aryl methyl sites for hydroxylation is 1. The van der Waals surface area contributed by atoms with Crippen molar-refractivity contribution in [3.05, 3.63) is 35.9 Å². The number of amides is 1. The molecule has 1 aliphatic carbocycles. The lowest BCUT2D eigenvalue weighted by Crippen LogP contribution is -2.46. The Morgan fingerprint density at radius 2 is 1.90 bits per heavy atom. The minimum Gasteiger partial charge on any atom is -0.381 e. The molecule has 29 heavy (non-hydrogen) atoms. The van der Waals surface area contributed by atoms with Gasteiger partial charge in [0.2, 0.25) is 5.91 Å². The summed E-state index contributed by atoms with van der Waals surface area (Å²) < 4.78 is 22.0. The number of carbonyl (C=O) groups is 1. The Labute approximate surface area is 175 Å². The van der Waals surface area contributed by atoms with E-state index in [1.807, 2.05) is 12.1 Å². The molecule has 6 heteroatoms. The van der Waals surface area contributed by atoms with Crippen LogP contribution >= 0.6 is 0 Å². The van der Waals surface area contributed by atoms with Gasteiger partial charge in [-0.25, -0.2) is 4.98 Å². The minimum absolute atomic E-state index is 0.0457.